The van der Waals surface area contributed by atoms with E-state index in [2.05, 4.69) is 35.6 Å². The summed E-state index contributed by atoms with van der Waals surface area (Å²) in [6.07, 6.45) is 0. The van der Waals surface area contributed by atoms with Crippen LogP contribution in [0.4, 0.5) is 5.69 Å². The molecular formula is C15H21N3O. The number of hydrogen-bond acceptors (Lipinski definition) is 3. The van der Waals surface area contributed by atoms with Gasteiger partial charge in [0, 0.05) is 49.0 Å². The van der Waals surface area contributed by atoms with Gasteiger partial charge >= 0.3 is 0 Å². The van der Waals surface area contributed by atoms with Crippen molar-refractivity contribution in [3.05, 3.63) is 29.5 Å². The number of benzene rings is 1. The van der Waals surface area contributed by atoms with Crippen molar-refractivity contribution in [3.8, 4) is 0 Å². The second-order valence-corrected chi connectivity index (χ2v) is 5.29. The molecule has 0 spiro atoms. The Bertz CT molecular complexity index is 597. The number of fused-ring (bicyclic) bond motifs is 1. The summed E-state index contributed by atoms with van der Waals surface area (Å²) in [5, 5.41) is 1.28. The molecule has 0 radical (unpaired) electrons. The maximum Gasteiger partial charge on any atom is 0.0594 e. The number of morpholine rings is 1. The maximum absolute atomic E-state index is 5.94. The molecule has 0 unspecified atom stereocenters. The summed E-state index contributed by atoms with van der Waals surface area (Å²) in [5.41, 5.74) is 10.8. The van der Waals surface area contributed by atoms with Crippen LogP contribution in [0.3, 0.4) is 0 Å². The lowest BCUT2D eigenvalue weighted by atomic mass is 10.1. The summed E-state index contributed by atoms with van der Waals surface area (Å²) >= 11 is 0. The Hall–Kier alpha value is -1.52. The Balaban J connectivity index is 2.01. The molecule has 1 fully saturated rings. The highest BCUT2D eigenvalue weighted by molar-refractivity contribution is 5.88. The molecule has 4 heteroatoms. The van der Waals surface area contributed by atoms with E-state index in [1.807, 2.05) is 6.07 Å². The monoisotopic (exact) mass is 259 g/mol. The van der Waals surface area contributed by atoms with E-state index in [9.17, 15) is 0 Å². The van der Waals surface area contributed by atoms with Gasteiger partial charge in [0.25, 0.3) is 0 Å². The molecule has 2 N–H and O–H groups in total. The van der Waals surface area contributed by atoms with Crippen molar-refractivity contribution in [1.82, 2.24) is 9.47 Å². The van der Waals surface area contributed by atoms with Gasteiger partial charge < -0.3 is 15.0 Å². The van der Waals surface area contributed by atoms with E-state index >= 15 is 0 Å². The van der Waals surface area contributed by atoms with Gasteiger partial charge in [0.1, 0.15) is 0 Å². The van der Waals surface area contributed by atoms with Gasteiger partial charge in [-0.1, -0.05) is 0 Å². The van der Waals surface area contributed by atoms with E-state index in [0.29, 0.717) is 0 Å². The Morgan fingerprint density at radius 1 is 1.26 bits per heavy atom. The number of nitrogen functional groups attached to an aromatic ring is 1. The normalized spacial score (nSPS) is 17.2. The maximum atomic E-state index is 5.94. The SMILES string of the molecule is Cc1c(CN2CCOCC2)c2cc(N)ccc2n1C. The van der Waals surface area contributed by atoms with Crippen LogP contribution in [0.2, 0.25) is 0 Å². The molecule has 102 valence electrons. The first-order valence-electron chi connectivity index (χ1n) is 6.80. The number of rotatable bonds is 2. The lowest BCUT2D eigenvalue weighted by Crippen LogP contribution is -2.35. The average molecular weight is 259 g/mol. The highest BCUT2D eigenvalue weighted by atomic mass is 16.5. The van der Waals surface area contributed by atoms with Crippen LogP contribution in [0.25, 0.3) is 10.9 Å². The smallest absolute Gasteiger partial charge is 0.0594 e. The third-order valence-corrected chi connectivity index (χ3v) is 4.13. The van der Waals surface area contributed by atoms with Crippen LogP contribution in [0, 0.1) is 6.92 Å². The van der Waals surface area contributed by atoms with Gasteiger partial charge in [-0.3, -0.25) is 4.90 Å². The summed E-state index contributed by atoms with van der Waals surface area (Å²) in [6.45, 7) is 6.87. The topological polar surface area (TPSA) is 43.4 Å². The van der Waals surface area contributed by atoms with Crippen molar-refractivity contribution < 1.29 is 4.74 Å². The van der Waals surface area contributed by atoms with Crippen molar-refractivity contribution >= 4 is 16.6 Å². The van der Waals surface area contributed by atoms with E-state index in [1.54, 1.807) is 0 Å². The predicted octanol–water partition coefficient (Wildman–Crippen LogP) is 1.90. The third-order valence-electron chi connectivity index (χ3n) is 4.13. The van der Waals surface area contributed by atoms with Crippen LogP contribution in [0.5, 0.6) is 0 Å². The van der Waals surface area contributed by atoms with Gasteiger partial charge in [0.15, 0.2) is 0 Å². The highest BCUT2D eigenvalue weighted by Crippen LogP contribution is 2.28. The molecule has 0 amide bonds. The number of hydrogen-bond donors (Lipinski definition) is 1. The molecule has 1 saturated heterocycles. The summed E-state index contributed by atoms with van der Waals surface area (Å²) in [7, 11) is 2.12. The minimum absolute atomic E-state index is 0.835. The molecular weight excluding hydrogens is 238 g/mol. The molecule has 3 rings (SSSR count). The average Bonchev–Trinajstić information content (AvgIpc) is 2.65. The second kappa shape index (κ2) is 4.87. The quantitative estimate of drug-likeness (QED) is 0.838. The van der Waals surface area contributed by atoms with Crippen LogP contribution in [0.15, 0.2) is 18.2 Å². The first-order valence-corrected chi connectivity index (χ1v) is 6.80. The molecule has 0 saturated carbocycles. The molecule has 2 aromatic rings. The van der Waals surface area contributed by atoms with E-state index in [1.165, 1.54) is 22.2 Å². The summed E-state index contributed by atoms with van der Waals surface area (Å²) in [4.78, 5) is 2.45. The van der Waals surface area contributed by atoms with Crippen LogP contribution in [-0.2, 0) is 18.3 Å². The molecule has 1 aromatic heterocycles. The highest BCUT2D eigenvalue weighted by Gasteiger charge is 2.17. The molecule has 19 heavy (non-hydrogen) atoms. The number of anilines is 1. The van der Waals surface area contributed by atoms with Gasteiger partial charge in [0.2, 0.25) is 0 Å². The number of nitrogens with zero attached hydrogens (tertiary/aromatic N) is 2. The molecule has 0 aliphatic carbocycles. The molecule has 1 aliphatic rings. The zero-order valence-corrected chi connectivity index (χ0v) is 11.6. The van der Waals surface area contributed by atoms with E-state index in [0.717, 1.165) is 38.5 Å². The Morgan fingerprint density at radius 3 is 2.74 bits per heavy atom. The first-order chi connectivity index (χ1) is 9.16. The molecule has 4 nitrogen and oxygen atoms in total. The number of nitrogens with two attached hydrogens (primary N) is 1. The van der Waals surface area contributed by atoms with E-state index in [4.69, 9.17) is 10.5 Å². The number of ether oxygens (including phenoxy) is 1. The standard InChI is InChI=1S/C15H21N3O/c1-11-14(10-18-5-7-19-8-6-18)13-9-12(16)3-4-15(13)17(11)2/h3-4,9H,5-8,10,16H2,1-2H3. The molecule has 2 heterocycles. The Labute approximate surface area is 113 Å². The second-order valence-electron chi connectivity index (χ2n) is 5.29. The first kappa shape index (κ1) is 12.5. The lowest BCUT2D eigenvalue weighted by molar-refractivity contribution is 0.0342. The predicted molar refractivity (Wildman–Crippen MR) is 78.2 cm³/mol. The zero-order chi connectivity index (χ0) is 13.4. The fourth-order valence-electron chi connectivity index (χ4n) is 2.85. The van der Waals surface area contributed by atoms with E-state index < -0.39 is 0 Å². The lowest BCUT2D eigenvalue weighted by Gasteiger charge is -2.26. The minimum Gasteiger partial charge on any atom is -0.399 e. The van der Waals surface area contributed by atoms with Gasteiger partial charge in [0.05, 0.1) is 13.2 Å². The van der Waals surface area contributed by atoms with Crippen LogP contribution in [0.1, 0.15) is 11.3 Å². The van der Waals surface area contributed by atoms with Crippen molar-refractivity contribution in [1.29, 1.82) is 0 Å². The number of aryl methyl sites for hydroxylation is 1. The fourth-order valence-corrected chi connectivity index (χ4v) is 2.85. The van der Waals surface area contributed by atoms with Crippen molar-refractivity contribution in [3.63, 3.8) is 0 Å². The van der Waals surface area contributed by atoms with Crippen LogP contribution < -0.4 is 5.73 Å². The summed E-state index contributed by atoms with van der Waals surface area (Å²) in [5.74, 6) is 0. The Morgan fingerprint density at radius 2 is 2.00 bits per heavy atom. The van der Waals surface area contributed by atoms with Crippen molar-refractivity contribution in [2.75, 3.05) is 32.0 Å². The molecule has 0 bridgehead atoms. The van der Waals surface area contributed by atoms with Gasteiger partial charge in [-0.2, -0.15) is 0 Å². The van der Waals surface area contributed by atoms with Gasteiger partial charge in [-0.25, -0.2) is 0 Å². The molecule has 1 aliphatic heterocycles. The van der Waals surface area contributed by atoms with Crippen molar-refractivity contribution in [2.45, 2.75) is 13.5 Å². The van der Waals surface area contributed by atoms with Crippen LogP contribution >= 0.6 is 0 Å². The Kier molecular flexibility index (Phi) is 3.21. The number of aromatic nitrogens is 1. The van der Waals surface area contributed by atoms with Gasteiger partial charge in [-0.15, -0.1) is 0 Å². The molecule has 1 aromatic carbocycles. The third kappa shape index (κ3) is 2.22. The fraction of sp³-hybridized carbons (Fsp3) is 0.467. The largest absolute Gasteiger partial charge is 0.399 e. The van der Waals surface area contributed by atoms with Crippen molar-refractivity contribution in [2.24, 2.45) is 7.05 Å². The summed E-state index contributed by atoms with van der Waals surface area (Å²) < 4.78 is 7.67. The summed E-state index contributed by atoms with van der Waals surface area (Å²) in [6, 6.07) is 6.18. The van der Waals surface area contributed by atoms with Crippen LogP contribution in [-0.4, -0.2) is 35.8 Å². The van der Waals surface area contributed by atoms with E-state index in [-0.39, 0.29) is 0 Å². The zero-order valence-electron chi connectivity index (χ0n) is 11.6. The van der Waals surface area contributed by atoms with Gasteiger partial charge in [-0.05, 0) is 30.7 Å². The molecule has 0 atom stereocenters. The minimum atomic E-state index is 0.835.